The fraction of sp³-hybridized carbons (Fsp3) is 0.429. The molecule has 1 aliphatic rings. The molecule has 1 heterocycles. The van der Waals surface area contributed by atoms with Crippen LogP contribution in [-0.4, -0.2) is 29.7 Å². The van der Waals surface area contributed by atoms with E-state index in [1.165, 1.54) is 18.9 Å². The van der Waals surface area contributed by atoms with E-state index in [0.717, 1.165) is 4.32 Å². The summed E-state index contributed by atoms with van der Waals surface area (Å²) in [5, 5.41) is 2.96. The number of carbonyl (C=O) groups excluding carboxylic acids is 1. The molecule has 66 valence electrons. The summed E-state index contributed by atoms with van der Waals surface area (Å²) in [6.45, 7) is 0.607. The summed E-state index contributed by atoms with van der Waals surface area (Å²) in [7, 11) is 1.38. The number of methoxy groups -OCH3 is 1. The maximum Gasteiger partial charge on any atom is 0.334 e. The Balaban J connectivity index is 2.60. The number of nitrogens with one attached hydrogen (secondary N) is 1. The molecule has 0 radical (unpaired) electrons. The topological polar surface area (TPSA) is 38.3 Å². The first kappa shape index (κ1) is 9.54. The summed E-state index contributed by atoms with van der Waals surface area (Å²) < 4.78 is 5.32. The predicted molar refractivity (Wildman–Crippen MR) is 53.2 cm³/mol. The number of thioether (sulfide) groups is 1. The van der Waals surface area contributed by atoms with E-state index in [2.05, 4.69) is 10.1 Å². The highest BCUT2D eigenvalue weighted by Gasteiger charge is 2.12. The minimum atomic E-state index is -0.269. The third-order valence-corrected chi connectivity index (χ3v) is 2.76. The van der Waals surface area contributed by atoms with E-state index in [1.807, 2.05) is 0 Å². The number of esters is 1. The summed E-state index contributed by atoms with van der Waals surface area (Å²) in [5.74, 6) is 0.326. The fourth-order valence-corrected chi connectivity index (χ4v) is 1.75. The second-order valence-electron chi connectivity index (χ2n) is 2.18. The van der Waals surface area contributed by atoms with Crippen LogP contribution in [0, 0.1) is 0 Å². The number of thiocarbonyl (C=S) groups is 1. The molecule has 0 saturated carbocycles. The van der Waals surface area contributed by atoms with Gasteiger partial charge in [-0.3, -0.25) is 0 Å². The van der Waals surface area contributed by atoms with Crippen molar-refractivity contribution in [1.29, 1.82) is 0 Å². The van der Waals surface area contributed by atoms with E-state index in [0.29, 0.717) is 17.9 Å². The number of carbonyl (C=O) groups is 1. The Morgan fingerprint density at radius 2 is 2.58 bits per heavy atom. The maximum absolute atomic E-state index is 11.1. The molecular formula is C7H9NO2S2. The Morgan fingerprint density at radius 3 is 3.25 bits per heavy atom. The molecule has 5 heteroatoms. The Bertz CT molecular complexity index is 238. The summed E-state index contributed by atoms with van der Waals surface area (Å²) in [4.78, 5) is 11.1. The molecule has 0 aromatic rings. The third-order valence-electron chi connectivity index (χ3n) is 1.40. The molecular weight excluding hydrogens is 194 g/mol. The second-order valence-corrected chi connectivity index (χ2v) is 3.83. The smallest absolute Gasteiger partial charge is 0.334 e. The van der Waals surface area contributed by atoms with Crippen LogP contribution in [0.5, 0.6) is 0 Å². The summed E-state index contributed by atoms with van der Waals surface area (Å²) >= 11 is 6.38. The third kappa shape index (κ3) is 2.49. The van der Waals surface area contributed by atoms with Crippen molar-refractivity contribution in [3.8, 4) is 0 Å². The van der Waals surface area contributed by atoms with Crippen LogP contribution in [0.25, 0.3) is 0 Å². The van der Waals surface area contributed by atoms with Crippen LogP contribution in [-0.2, 0) is 9.53 Å². The normalized spacial score (nSPS) is 17.4. The largest absolute Gasteiger partial charge is 0.466 e. The van der Waals surface area contributed by atoms with E-state index in [-0.39, 0.29) is 5.97 Å². The highest BCUT2D eigenvalue weighted by molar-refractivity contribution is 8.23. The van der Waals surface area contributed by atoms with Crippen LogP contribution in [0.2, 0.25) is 0 Å². The monoisotopic (exact) mass is 203 g/mol. The van der Waals surface area contributed by atoms with Crippen LogP contribution in [0.15, 0.2) is 11.6 Å². The quantitative estimate of drug-likeness (QED) is 0.502. The van der Waals surface area contributed by atoms with Gasteiger partial charge in [0.1, 0.15) is 4.32 Å². The van der Waals surface area contributed by atoms with Crippen molar-refractivity contribution in [3.05, 3.63) is 11.6 Å². The van der Waals surface area contributed by atoms with Crippen LogP contribution < -0.4 is 5.32 Å². The first-order valence-electron chi connectivity index (χ1n) is 3.42. The molecule has 1 aliphatic heterocycles. The number of rotatable bonds is 1. The fourth-order valence-electron chi connectivity index (χ4n) is 0.784. The van der Waals surface area contributed by atoms with Gasteiger partial charge >= 0.3 is 5.97 Å². The van der Waals surface area contributed by atoms with Crippen molar-refractivity contribution in [3.63, 3.8) is 0 Å². The molecule has 0 fully saturated rings. The average Bonchev–Trinajstić information content (AvgIpc) is 2.29. The van der Waals surface area contributed by atoms with E-state index < -0.39 is 0 Å². The maximum atomic E-state index is 11.1. The molecule has 0 bridgehead atoms. The molecule has 1 N–H and O–H groups in total. The van der Waals surface area contributed by atoms with Crippen molar-refractivity contribution in [1.82, 2.24) is 5.32 Å². The minimum Gasteiger partial charge on any atom is -0.466 e. The average molecular weight is 203 g/mol. The van der Waals surface area contributed by atoms with Gasteiger partial charge in [0.25, 0.3) is 0 Å². The highest BCUT2D eigenvalue weighted by Crippen LogP contribution is 2.12. The number of ether oxygens (including phenoxy) is 1. The van der Waals surface area contributed by atoms with Gasteiger partial charge in [-0.25, -0.2) is 4.79 Å². The number of hydrogen-bond donors (Lipinski definition) is 1. The highest BCUT2D eigenvalue weighted by atomic mass is 32.2. The molecule has 0 spiro atoms. The van der Waals surface area contributed by atoms with E-state index >= 15 is 0 Å². The number of hydrogen-bond acceptors (Lipinski definition) is 4. The first-order valence-corrected chi connectivity index (χ1v) is 4.81. The van der Waals surface area contributed by atoms with Crippen LogP contribution in [0.4, 0.5) is 0 Å². The summed E-state index contributed by atoms with van der Waals surface area (Å²) in [6.07, 6.45) is 1.80. The predicted octanol–water partition coefficient (Wildman–Crippen LogP) is 0.707. The van der Waals surface area contributed by atoms with Gasteiger partial charge in [0.05, 0.1) is 7.11 Å². The van der Waals surface area contributed by atoms with Gasteiger partial charge in [-0.15, -0.1) is 0 Å². The molecule has 0 saturated heterocycles. The van der Waals surface area contributed by atoms with Gasteiger partial charge in [0.2, 0.25) is 0 Å². The standard InChI is InChI=1S/C7H9NO2S2/c1-10-6(9)5-2-3-8-7(11)12-4-5/h2H,3-4H2,1H3,(H,8,11). The van der Waals surface area contributed by atoms with Crippen LogP contribution in [0.1, 0.15) is 0 Å². The van der Waals surface area contributed by atoms with Crippen molar-refractivity contribution in [2.45, 2.75) is 0 Å². The Morgan fingerprint density at radius 1 is 1.83 bits per heavy atom. The zero-order valence-corrected chi connectivity index (χ0v) is 8.26. The lowest BCUT2D eigenvalue weighted by Gasteiger charge is -2.00. The molecule has 12 heavy (non-hydrogen) atoms. The van der Waals surface area contributed by atoms with Gasteiger partial charge in [-0.05, 0) is 0 Å². The Hall–Kier alpha value is -0.550. The molecule has 0 unspecified atom stereocenters. The van der Waals surface area contributed by atoms with E-state index in [9.17, 15) is 4.79 Å². The van der Waals surface area contributed by atoms with E-state index in [4.69, 9.17) is 12.2 Å². The Labute approximate surface area is 80.5 Å². The zero-order valence-electron chi connectivity index (χ0n) is 6.62. The molecule has 0 amide bonds. The molecule has 0 atom stereocenters. The molecule has 1 rings (SSSR count). The SMILES string of the molecule is COC(=O)C1=CCNC(=S)SC1. The van der Waals surface area contributed by atoms with Gasteiger partial charge in [-0.2, -0.15) is 0 Å². The molecule has 3 nitrogen and oxygen atoms in total. The van der Waals surface area contributed by atoms with Crippen LogP contribution in [0.3, 0.4) is 0 Å². The van der Waals surface area contributed by atoms with Gasteiger partial charge < -0.3 is 10.1 Å². The zero-order chi connectivity index (χ0) is 8.97. The first-order chi connectivity index (χ1) is 5.74. The van der Waals surface area contributed by atoms with Crippen molar-refractivity contribution < 1.29 is 9.53 Å². The van der Waals surface area contributed by atoms with Crippen molar-refractivity contribution in [2.24, 2.45) is 0 Å². The lowest BCUT2D eigenvalue weighted by molar-refractivity contribution is -0.135. The Kier molecular flexibility index (Phi) is 3.55. The summed E-state index contributed by atoms with van der Waals surface area (Å²) in [5.41, 5.74) is 0.676. The minimum absolute atomic E-state index is 0.269. The molecule has 0 aromatic carbocycles. The lowest BCUT2D eigenvalue weighted by atomic mass is 10.3. The van der Waals surface area contributed by atoms with Crippen molar-refractivity contribution in [2.75, 3.05) is 19.4 Å². The van der Waals surface area contributed by atoms with E-state index in [1.54, 1.807) is 6.08 Å². The molecule has 0 aromatic heterocycles. The lowest BCUT2D eigenvalue weighted by Crippen LogP contribution is -2.16. The summed E-state index contributed by atoms with van der Waals surface area (Å²) in [6, 6.07) is 0. The van der Waals surface area contributed by atoms with Gasteiger partial charge in [0.15, 0.2) is 0 Å². The van der Waals surface area contributed by atoms with Gasteiger partial charge in [-0.1, -0.05) is 30.1 Å². The molecule has 0 aliphatic carbocycles. The van der Waals surface area contributed by atoms with Gasteiger partial charge in [0, 0.05) is 17.9 Å². The van der Waals surface area contributed by atoms with Crippen LogP contribution >= 0.6 is 24.0 Å². The second kappa shape index (κ2) is 4.47. The van der Waals surface area contributed by atoms with Crippen molar-refractivity contribution >= 4 is 34.3 Å².